The van der Waals surface area contributed by atoms with Crippen LogP contribution in [0.3, 0.4) is 0 Å². The van der Waals surface area contributed by atoms with Crippen LogP contribution in [0.2, 0.25) is 0 Å². The summed E-state index contributed by atoms with van der Waals surface area (Å²) in [5.41, 5.74) is 1.83. The van der Waals surface area contributed by atoms with E-state index in [0.29, 0.717) is 34.3 Å². The summed E-state index contributed by atoms with van der Waals surface area (Å²) in [6, 6.07) is 11.2. The fourth-order valence-corrected chi connectivity index (χ4v) is 2.74. The van der Waals surface area contributed by atoms with Gasteiger partial charge in [-0.3, -0.25) is 0 Å². The van der Waals surface area contributed by atoms with Crippen LogP contribution in [0, 0.1) is 22.1 Å². The summed E-state index contributed by atoms with van der Waals surface area (Å²) in [5.74, 6) is -0.510. The number of benzene rings is 2. The van der Waals surface area contributed by atoms with E-state index in [0.717, 1.165) is 0 Å². The third-order valence-corrected chi connectivity index (χ3v) is 4.09. The van der Waals surface area contributed by atoms with Crippen LogP contribution < -0.4 is 4.74 Å². The molecule has 1 atom stereocenters. The largest absolute Gasteiger partial charge is 0.488 e. The number of fused-ring (bicyclic) bond motifs is 1. The maximum atomic E-state index is 14.4. The summed E-state index contributed by atoms with van der Waals surface area (Å²) in [4.78, 5) is 10.4. The van der Waals surface area contributed by atoms with E-state index in [1.54, 1.807) is 22.9 Å². The van der Waals surface area contributed by atoms with Crippen molar-refractivity contribution in [2.24, 2.45) is 5.18 Å². The van der Waals surface area contributed by atoms with Gasteiger partial charge in [0.05, 0.1) is 17.7 Å². The molecule has 8 heteroatoms. The van der Waals surface area contributed by atoms with Crippen LogP contribution in [-0.4, -0.2) is 30.0 Å². The standard InChI is InChI=1S/C19H16FN3O4/c1-26-6-7-27-18-8-15-13(10-21)11-23(17(15)9-16(18)20)14-4-2-12(3-5-14)19(24)22-25/h2-5,8-9,11,19,24H,6-7H2,1H3. The molecule has 1 aromatic heterocycles. The van der Waals surface area contributed by atoms with Crippen molar-refractivity contribution >= 4 is 10.9 Å². The van der Waals surface area contributed by atoms with Crippen molar-refractivity contribution in [2.45, 2.75) is 6.23 Å². The average molecular weight is 369 g/mol. The zero-order valence-electron chi connectivity index (χ0n) is 14.4. The van der Waals surface area contributed by atoms with Gasteiger partial charge < -0.3 is 19.1 Å². The normalized spacial score (nSPS) is 11.9. The van der Waals surface area contributed by atoms with E-state index in [-0.39, 0.29) is 12.4 Å². The fourth-order valence-electron chi connectivity index (χ4n) is 2.74. The molecule has 0 aliphatic carbocycles. The molecule has 0 bridgehead atoms. The lowest BCUT2D eigenvalue weighted by atomic mass is 10.1. The second-order valence-electron chi connectivity index (χ2n) is 5.74. The minimum Gasteiger partial charge on any atom is -0.488 e. The van der Waals surface area contributed by atoms with E-state index in [2.05, 4.69) is 11.2 Å². The highest BCUT2D eigenvalue weighted by Gasteiger charge is 2.15. The van der Waals surface area contributed by atoms with Gasteiger partial charge in [0.15, 0.2) is 11.6 Å². The van der Waals surface area contributed by atoms with Crippen LogP contribution in [0.5, 0.6) is 5.75 Å². The van der Waals surface area contributed by atoms with Gasteiger partial charge in [-0.1, -0.05) is 12.1 Å². The zero-order valence-corrected chi connectivity index (χ0v) is 14.4. The van der Waals surface area contributed by atoms with Gasteiger partial charge in [-0.15, -0.1) is 4.91 Å². The minimum absolute atomic E-state index is 0.0457. The number of hydrogen-bond acceptors (Lipinski definition) is 6. The summed E-state index contributed by atoms with van der Waals surface area (Å²) in [6.45, 7) is 0.507. The summed E-state index contributed by atoms with van der Waals surface area (Å²) < 4.78 is 26.3. The highest BCUT2D eigenvalue weighted by atomic mass is 19.1. The lowest BCUT2D eigenvalue weighted by Crippen LogP contribution is -2.05. The van der Waals surface area contributed by atoms with Gasteiger partial charge >= 0.3 is 0 Å². The zero-order chi connectivity index (χ0) is 19.4. The first kappa shape index (κ1) is 18.5. The second kappa shape index (κ2) is 7.95. The molecule has 0 amide bonds. The van der Waals surface area contributed by atoms with Gasteiger partial charge in [0.1, 0.15) is 12.7 Å². The van der Waals surface area contributed by atoms with E-state index in [4.69, 9.17) is 9.47 Å². The SMILES string of the molecule is COCCOc1cc2c(C#N)cn(-c3ccc(C(O)N=O)cc3)c2cc1F. The van der Waals surface area contributed by atoms with Crippen LogP contribution in [0.25, 0.3) is 16.6 Å². The lowest BCUT2D eigenvalue weighted by Gasteiger charge is -2.10. The van der Waals surface area contributed by atoms with Crippen molar-refractivity contribution in [3.05, 3.63) is 64.4 Å². The molecular weight excluding hydrogens is 353 g/mol. The summed E-state index contributed by atoms with van der Waals surface area (Å²) >= 11 is 0. The Morgan fingerprint density at radius 3 is 2.67 bits per heavy atom. The number of methoxy groups -OCH3 is 1. The number of aliphatic hydroxyl groups is 1. The molecule has 0 radical (unpaired) electrons. The van der Waals surface area contributed by atoms with E-state index in [1.165, 1.54) is 31.4 Å². The van der Waals surface area contributed by atoms with Crippen molar-refractivity contribution in [1.29, 1.82) is 5.26 Å². The lowest BCUT2D eigenvalue weighted by molar-refractivity contribution is 0.144. The molecule has 1 heterocycles. The Hall–Kier alpha value is -3.28. The van der Waals surface area contributed by atoms with E-state index in [9.17, 15) is 19.7 Å². The molecule has 2 aromatic carbocycles. The molecule has 27 heavy (non-hydrogen) atoms. The second-order valence-corrected chi connectivity index (χ2v) is 5.74. The number of nitriles is 1. The van der Waals surface area contributed by atoms with Crippen molar-refractivity contribution in [3.63, 3.8) is 0 Å². The summed E-state index contributed by atoms with van der Waals surface area (Å²) in [6.07, 6.45) is 0.145. The first-order valence-corrected chi connectivity index (χ1v) is 8.06. The van der Waals surface area contributed by atoms with Gasteiger partial charge in [0.2, 0.25) is 6.23 Å². The van der Waals surface area contributed by atoms with Crippen LogP contribution in [0.1, 0.15) is 17.4 Å². The monoisotopic (exact) mass is 369 g/mol. The van der Waals surface area contributed by atoms with E-state index < -0.39 is 12.0 Å². The molecule has 3 rings (SSSR count). The van der Waals surface area contributed by atoms with Gasteiger partial charge in [-0.05, 0) is 23.4 Å². The molecule has 0 saturated carbocycles. The topological polar surface area (TPSA) is 96.8 Å². The molecule has 1 unspecified atom stereocenters. The predicted octanol–water partition coefficient (Wildman–Crippen LogP) is 3.42. The Labute approximate surface area is 154 Å². The van der Waals surface area contributed by atoms with Gasteiger partial charge in [-0.25, -0.2) is 4.39 Å². The Bertz CT molecular complexity index is 1010. The van der Waals surface area contributed by atoms with E-state index >= 15 is 0 Å². The first-order valence-electron chi connectivity index (χ1n) is 8.06. The number of aliphatic hydroxyl groups excluding tert-OH is 1. The fraction of sp³-hybridized carbons (Fsp3) is 0.211. The van der Waals surface area contributed by atoms with Gasteiger partial charge in [0, 0.05) is 36.0 Å². The number of hydrogen-bond donors (Lipinski definition) is 1. The Morgan fingerprint density at radius 1 is 1.30 bits per heavy atom. The first-order chi connectivity index (χ1) is 13.1. The molecule has 0 saturated heterocycles. The maximum Gasteiger partial charge on any atom is 0.213 e. The molecule has 3 aromatic rings. The van der Waals surface area contributed by atoms with Crippen molar-refractivity contribution in [3.8, 4) is 17.5 Å². The van der Waals surface area contributed by atoms with Crippen molar-refractivity contribution in [2.75, 3.05) is 20.3 Å². The highest BCUT2D eigenvalue weighted by molar-refractivity contribution is 5.89. The Kier molecular flexibility index (Phi) is 5.45. The van der Waals surface area contributed by atoms with Gasteiger partial charge in [0.25, 0.3) is 0 Å². The average Bonchev–Trinajstić information content (AvgIpc) is 3.05. The Balaban J connectivity index is 2.05. The summed E-state index contributed by atoms with van der Waals surface area (Å²) in [5, 5.41) is 22.0. The molecule has 0 fully saturated rings. The molecule has 138 valence electrons. The maximum absolute atomic E-state index is 14.4. The smallest absolute Gasteiger partial charge is 0.213 e. The van der Waals surface area contributed by atoms with E-state index in [1.807, 2.05) is 0 Å². The number of nitroso groups, excluding NO2 is 1. The van der Waals surface area contributed by atoms with Crippen molar-refractivity contribution in [1.82, 2.24) is 4.57 Å². The number of nitrogens with zero attached hydrogens (tertiary/aromatic N) is 3. The van der Waals surface area contributed by atoms with Crippen LogP contribution in [-0.2, 0) is 4.74 Å². The molecule has 0 aliphatic heterocycles. The predicted molar refractivity (Wildman–Crippen MR) is 96.1 cm³/mol. The molecule has 7 nitrogen and oxygen atoms in total. The van der Waals surface area contributed by atoms with Crippen molar-refractivity contribution < 1.29 is 19.0 Å². The number of rotatable bonds is 7. The third kappa shape index (κ3) is 3.65. The quantitative estimate of drug-likeness (QED) is 0.508. The molecule has 0 spiro atoms. The molecule has 0 aliphatic rings. The number of aromatic nitrogens is 1. The van der Waals surface area contributed by atoms with Crippen LogP contribution >= 0.6 is 0 Å². The third-order valence-electron chi connectivity index (χ3n) is 4.09. The number of halogens is 1. The minimum atomic E-state index is -1.45. The van der Waals surface area contributed by atoms with Gasteiger partial charge in [-0.2, -0.15) is 5.26 Å². The molecular formula is C19H16FN3O4. The highest BCUT2D eigenvalue weighted by Crippen LogP contribution is 2.31. The molecule has 1 N–H and O–H groups in total. The number of ether oxygens (including phenoxy) is 2. The van der Waals surface area contributed by atoms with Crippen LogP contribution in [0.4, 0.5) is 4.39 Å². The van der Waals surface area contributed by atoms with Crippen LogP contribution in [0.15, 0.2) is 47.8 Å². The summed E-state index contributed by atoms with van der Waals surface area (Å²) in [7, 11) is 1.52. The Morgan fingerprint density at radius 2 is 2.04 bits per heavy atom.